The summed E-state index contributed by atoms with van der Waals surface area (Å²) in [6.07, 6.45) is -4.39. The number of alkyl halides is 3. The van der Waals surface area contributed by atoms with Gasteiger partial charge in [0.2, 0.25) is 0 Å². The summed E-state index contributed by atoms with van der Waals surface area (Å²) in [6, 6.07) is 7.85. The number of carbonyl (C=O) groups is 2. The molecule has 0 radical (unpaired) electrons. The molecule has 0 aliphatic heterocycles. The molecule has 1 atom stereocenters. The van der Waals surface area contributed by atoms with Gasteiger partial charge in [0.25, 0.3) is 5.91 Å². The number of amides is 1. The number of hydrogen-bond acceptors (Lipinski definition) is 3. The molecule has 2 aromatic carbocycles. The zero-order valence-electron chi connectivity index (χ0n) is 14.9. The average molecular weight is 443 g/mol. The fourth-order valence-electron chi connectivity index (χ4n) is 2.81. The maximum absolute atomic E-state index is 13.1. The number of benzene rings is 2. The van der Waals surface area contributed by atoms with E-state index in [-0.39, 0.29) is 27.0 Å². The molecule has 29 heavy (non-hydrogen) atoms. The van der Waals surface area contributed by atoms with Crippen LogP contribution in [-0.4, -0.2) is 21.6 Å². The molecule has 0 spiro atoms. The number of fused-ring (bicyclic) bond motifs is 1. The Morgan fingerprint density at radius 3 is 2.41 bits per heavy atom. The Kier molecular flexibility index (Phi) is 5.81. The molecule has 3 aromatic rings. The highest BCUT2D eigenvalue weighted by molar-refractivity contribution is 7.16. The number of carboxylic acid groups (broad SMARTS) is 1. The van der Waals surface area contributed by atoms with Crippen molar-refractivity contribution < 1.29 is 27.9 Å². The molecule has 5 nitrogen and oxygen atoms in total. The molecule has 0 saturated carbocycles. The van der Waals surface area contributed by atoms with Crippen molar-refractivity contribution in [2.45, 2.75) is 25.6 Å². The Morgan fingerprint density at radius 2 is 1.86 bits per heavy atom. The lowest BCUT2D eigenvalue weighted by Gasteiger charge is -2.14. The summed E-state index contributed by atoms with van der Waals surface area (Å²) in [4.78, 5) is 28.2. The highest BCUT2D eigenvalue weighted by atomic mass is 35.5. The Labute approximate surface area is 171 Å². The highest BCUT2D eigenvalue weighted by Gasteiger charge is 2.31. The van der Waals surface area contributed by atoms with Crippen LogP contribution in [0.4, 0.5) is 13.2 Å². The fourth-order valence-corrected chi connectivity index (χ4v) is 4.04. The molecule has 1 N–H and O–H groups in total. The van der Waals surface area contributed by atoms with E-state index in [1.165, 1.54) is 34.9 Å². The lowest BCUT2D eigenvalue weighted by Crippen LogP contribution is -2.27. The van der Waals surface area contributed by atoms with Crippen LogP contribution in [0.25, 0.3) is 10.2 Å². The number of thiazole rings is 1. The molecule has 10 heteroatoms. The first-order valence-electron chi connectivity index (χ1n) is 8.41. The minimum absolute atomic E-state index is 0.00789. The number of nitrogens with zero attached hydrogens (tertiary/aromatic N) is 2. The van der Waals surface area contributed by atoms with Crippen molar-refractivity contribution >= 4 is 45.0 Å². The predicted octanol–water partition coefficient (Wildman–Crippen LogP) is 5.15. The molecule has 3 rings (SSSR count). The molecule has 0 bridgehead atoms. The lowest BCUT2D eigenvalue weighted by molar-refractivity contribution is -0.141. The summed E-state index contributed by atoms with van der Waals surface area (Å²) in [7, 11) is 0. The normalized spacial score (nSPS) is 13.6. The van der Waals surface area contributed by atoms with Gasteiger partial charge in [-0.15, -0.1) is 0 Å². The minimum Gasteiger partial charge on any atom is -0.480 e. The summed E-state index contributed by atoms with van der Waals surface area (Å²) in [5.41, 5.74) is -0.380. The predicted molar refractivity (Wildman–Crippen MR) is 103 cm³/mol. The van der Waals surface area contributed by atoms with E-state index in [1.54, 1.807) is 6.92 Å². The third-order valence-corrected chi connectivity index (χ3v) is 5.50. The number of carbonyl (C=O) groups excluding carboxylic acids is 1. The van der Waals surface area contributed by atoms with Crippen molar-refractivity contribution in [3.05, 3.63) is 63.4 Å². The zero-order valence-corrected chi connectivity index (χ0v) is 16.5. The van der Waals surface area contributed by atoms with E-state index in [2.05, 4.69) is 4.99 Å². The molecule has 0 aliphatic carbocycles. The van der Waals surface area contributed by atoms with Gasteiger partial charge in [-0.05, 0) is 48.9 Å². The van der Waals surface area contributed by atoms with Gasteiger partial charge in [-0.25, -0.2) is 4.79 Å². The Bertz CT molecular complexity index is 1150. The first-order valence-corrected chi connectivity index (χ1v) is 9.61. The van der Waals surface area contributed by atoms with Gasteiger partial charge in [0, 0.05) is 10.6 Å². The first kappa shape index (κ1) is 21.1. The van der Waals surface area contributed by atoms with Crippen LogP contribution < -0.4 is 4.80 Å². The number of aliphatic carboxylic acids is 1. The summed E-state index contributed by atoms with van der Waals surface area (Å²) < 4.78 is 40.6. The summed E-state index contributed by atoms with van der Waals surface area (Å²) in [5.74, 6) is -1.83. The van der Waals surface area contributed by atoms with E-state index >= 15 is 0 Å². The molecule has 1 aromatic heterocycles. The highest BCUT2D eigenvalue weighted by Crippen LogP contribution is 2.33. The summed E-state index contributed by atoms with van der Waals surface area (Å²) in [5, 5.41) is 9.98. The molecule has 0 fully saturated rings. The average Bonchev–Trinajstić information content (AvgIpc) is 2.99. The molecule has 1 heterocycles. The molecule has 1 amide bonds. The Balaban J connectivity index is 2.24. The van der Waals surface area contributed by atoms with E-state index in [9.17, 15) is 27.9 Å². The maximum Gasteiger partial charge on any atom is 0.416 e. The summed E-state index contributed by atoms with van der Waals surface area (Å²) in [6.45, 7) is 1.63. The second kappa shape index (κ2) is 8.00. The SMILES string of the molecule is CCC(C(=O)O)n1c(=NC(=O)c2ccc(Cl)cc2)sc2cc(C(F)(F)F)ccc21. The van der Waals surface area contributed by atoms with Gasteiger partial charge < -0.3 is 9.67 Å². The van der Waals surface area contributed by atoms with Crippen LogP contribution in [0, 0.1) is 0 Å². The van der Waals surface area contributed by atoms with Gasteiger partial charge in [-0.3, -0.25) is 4.79 Å². The monoisotopic (exact) mass is 442 g/mol. The van der Waals surface area contributed by atoms with E-state index < -0.39 is 29.7 Å². The fraction of sp³-hybridized carbons (Fsp3) is 0.211. The van der Waals surface area contributed by atoms with Crippen LogP contribution in [0.3, 0.4) is 0 Å². The first-order chi connectivity index (χ1) is 13.6. The zero-order chi connectivity index (χ0) is 21.3. The van der Waals surface area contributed by atoms with Crippen LogP contribution in [0.1, 0.15) is 35.3 Å². The number of rotatable bonds is 4. The summed E-state index contributed by atoms with van der Waals surface area (Å²) >= 11 is 6.63. The molecule has 152 valence electrons. The van der Waals surface area contributed by atoms with Crippen molar-refractivity contribution in [1.82, 2.24) is 4.57 Å². The van der Waals surface area contributed by atoms with Crippen LogP contribution in [0.2, 0.25) is 5.02 Å². The van der Waals surface area contributed by atoms with Crippen molar-refractivity contribution in [1.29, 1.82) is 0 Å². The van der Waals surface area contributed by atoms with Crippen molar-refractivity contribution in [3.8, 4) is 0 Å². The van der Waals surface area contributed by atoms with Crippen LogP contribution in [-0.2, 0) is 11.0 Å². The molecular weight excluding hydrogens is 429 g/mol. The largest absolute Gasteiger partial charge is 0.480 e. The van der Waals surface area contributed by atoms with Gasteiger partial charge in [-0.2, -0.15) is 18.2 Å². The smallest absolute Gasteiger partial charge is 0.416 e. The topological polar surface area (TPSA) is 71.7 Å². The maximum atomic E-state index is 13.1. The number of aromatic nitrogens is 1. The van der Waals surface area contributed by atoms with Crippen LogP contribution in [0.15, 0.2) is 47.5 Å². The standard InChI is InChI=1S/C19H14ClF3N2O3S/c1-2-13(17(27)28)25-14-8-5-11(19(21,22)23)9-15(14)29-18(25)24-16(26)10-3-6-12(20)7-4-10/h3-9,13H,2H2,1H3,(H,27,28). The quantitative estimate of drug-likeness (QED) is 0.607. The molecule has 0 aliphatic rings. The van der Waals surface area contributed by atoms with Gasteiger partial charge in [0.1, 0.15) is 6.04 Å². The van der Waals surface area contributed by atoms with Gasteiger partial charge in [-0.1, -0.05) is 29.9 Å². The molecular formula is C19H14ClF3N2O3S. The van der Waals surface area contributed by atoms with Gasteiger partial charge in [0.15, 0.2) is 4.80 Å². The van der Waals surface area contributed by atoms with Crippen LogP contribution in [0.5, 0.6) is 0 Å². The minimum atomic E-state index is -4.55. The van der Waals surface area contributed by atoms with Gasteiger partial charge >= 0.3 is 12.1 Å². The van der Waals surface area contributed by atoms with E-state index in [0.717, 1.165) is 23.5 Å². The van der Waals surface area contributed by atoms with Crippen LogP contribution >= 0.6 is 22.9 Å². The molecule has 0 saturated heterocycles. The van der Waals surface area contributed by atoms with Crippen molar-refractivity contribution in [3.63, 3.8) is 0 Å². The second-order valence-electron chi connectivity index (χ2n) is 6.12. The third kappa shape index (κ3) is 4.35. The number of halogens is 4. The lowest BCUT2D eigenvalue weighted by atomic mass is 10.2. The Hall–Kier alpha value is -2.65. The van der Waals surface area contributed by atoms with Crippen molar-refractivity contribution in [2.75, 3.05) is 0 Å². The number of hydrogen-bond donors (Lipinski definition) is 1. The van der Waals surface area contributed by atoms with E-state index in [1.807, 2.05) is 0 Å². The van der Waals surface area contributed by atoms with Gasteiger partial charge in [0.05, 0.1) is 15.8 Å². The van der Waals surface area contributed by atoms with E-state index in [0.29, 0.717) is 5.02 Å². The van der Waals surface area contributed by atoms with E-state index in [4.69, 9.17) is 11.6 Å². The second-order valence-corrected chi connectivity index (χ2v) is 7.57. The Morgan fingerprint density at radius 1 is 1.21 bits per heavy atom. The van der Waals surface area contributed by atoms with Crippen molar-refractivity contribution in [2.24, 2.45) is 4.99 Å². The molecule has 1 unspecified atom stereocenters. The third-order valence-electron chi connectivity index (χ3n) is 4.23. The number of carboxylic acids is 1.